The molecule has 182 valence electrons. The smallest absolute Gasteiger partial charge is 0.277 e. The fourth-order valence-electron chi connectivity index (χ4n) is 3.96. The number of hydrogen-bond donors (Lipinski definition) is 3. The number of carbonyl (C=O) groups excluding carboxylic acids is 1. The number of nitrogen functional groups attached to an aromatic ring is 1. The van der Waals surface area contributed by atoms with Gasteiger partial charge in [-0.2, -0.15) is 5.10 Å². The highest BCUT2D eigenvalue weighted by Crippen LogP contribution is 2.35. The number of aromatic nitrogens is 3. The molecule has 1 fully saturated rings. The molecule has 0 saturated carbocycles. The molecule has 5 N–H and O–H groups in total. The maximum atomic E-state index is 14.2. The summed E-state index contributed by atoms with van der Waals surface area (Å²) < 4.78 is 41.3. The minimum absolute atomic E-state index is 0.00103. The first-order valence-corrected chi connectivity index (χ1v) is 11.7. The summed E-state index contributed by atoms with van der Waals surface area (Å²) in [4.78, 5) is 17.1. The number of nitrogens with one attached hydrogen (secondary N) is 1. The number of rotatable bonds is 6. The van der Waals surface area contributed by atoms with Gasteiger partial charge in [-0.25, -0.2) is 13.8 Å². The SMILES string of the molecule is [B]C([B])([B])O[C@H]1CO[C@@H](c2c(NC(=O)c3nc(-c4c(F)cccc4F)sc3N)cnn2C)CC[C@@H]1N. The monoisotopic (exact) mass is 508 g/mol. The Hall–Kier alpha value is -2.74. The molecule has 1 aromatic carbocycles. The van der Waals surface area contributed by atoms with Crippen LogP contribution in [-0.2, 0) is 16.5 Å². The highest BCUT2D eigenvalue weighted by Gasteiger charge is 2.32. The predicted octanol–water partition coefficient (Wildman–Crippen LogP) is 1.34. The molecule has 0 aliphatic carbocycles. The summed E-state index contributed by atoms with van der Waals surface area (Å²) in [5.41, 5.74) is 12.5. The minimum atomic E-state index is -1.87. The average molecular weight is 508 g/mol. The number of aryl methyl sites for hydroxylation is 1. The molecule has 36 heavy (non-hydrogen) atoms. The van der Waals surface area contributed by atoms with Crippen LogP contribution in [0.25, 0.3) is 10.6 Å². The Kier molecular flexibility index (Phi) is 7.55. The largest absolute Gasteiger partial charge is 0.396 e. The molecule has 9 nitrogen and oxygen atoms in total. The molecule has 3 atom stereocenters. The van der Waals surface area contributed by atoms with Crippen LogP contribution in [-0.4, -0.2) is 68.3 Å². The van der Waals surface area contributed by atoms with Crippen LogP contribution >= 0.6 is 11.3 Å². The molecule has 0 bridgehead atoms. The van der Waals surface area contributed by atoms with Crippen LogP contribution < -0.4 is 16.8 Å². The Balaban J connectivity index is 1.54. The van der Waals surface area contributed by atoms with E-state index in [1.54, 1.807) is 11.7 Å². The van der Waals surface area contributed by atoms with E-state index in [-0.39, 0.29) is 27.9 Å². The van der Waals surface area contributed by atoms with Crippen LogP contribution in [0.3, 0.4) is 0 Å². The lowest BCUT2D eigenvalue weighted by molar-refractivity contribution is -0.0435. The molecule has 0 spiro atoms. The van der Waals surface area contributed by atoms with E-state index in [9.17, 15) is 13.6 Å². The molecular weight excluding hydrogens is 487 g/mol. The van der Waals surface area contributed by atoms with Gasteiger partial charge in [0.2, 0.25) is 0 Å². The van der Waals surface area contributed by atoms with E-state index in [1.807, 2.05) is 0 Å². The van der Waals surface area contributed by atoms with Crippen molar-refractivity contribution in [2.45, 2.75) is 36.4 Å². The first-order valence-electron chi connectivity index (χ1n) is 10.9. The van der Waals surface area contributed by atoms with Gasteiger partial charge in [-0.05, 0) is 30.3 Å². The average Bonchev–Trinajstić information content (AvgIpc) is 3.28. The number of ether oxygens (including phenoxy) is 2. The molecule has 1 aliphatic heterocycles. The summed E-state index contributed by atoms with van der Waals surface area (Å²) in [5.74, 6) is -2.30. The summed E-state index contributed by atoms with van der Waals surface area (Å²) in [6, 6.07) is 2.99. The Morgan fingerprint density at radius 3 is 2.67 bits per heavy atom. The van der Waals surface area contributed by atoms with Gasteiger partial charge in [-0.1, -0.05) is 17.4 Å². The quantitative estimate of drug-likeness (QED) is 0.429. The molecule has 1 amide bonds. The van der Waals surface area contributed by atoms with Crippen molar-refractivity contribution < 1.29 is 23.0 Å². The second-order valence-corrected chi connectivity index (χ2v) is 9.45. The zero-order valence-electron chi connectivity index (χ0n) is 19.3. The van der Waals surface area contributed by atoms with Gasteiger partial charge in [0.1, 0.15) is 27.7 Å². The molecule has 1 aliphatic rings. The molecule has 0 unspecified atom stereocenters. The topological polar surface area (TPSA) is 130 Å². The molecule has 3 aromatic rings. The lowest BCUT2D eigenvalue weighted by atomic mass is 9.52. The molecule has 15 heteroatoms. The summed E-state index contributed by atoms with van der Waals surface area (Å²) in [6.07, 6.45) is 1.26. The van der Waals surface area contributed by atoms with E-state index >= 15 is 0 Å². The number of carbonyl (C=O) groups is 1. The Bertz CT molecular complexity index is 1250. The normalized spacial score (nSPS) is 20.7. The lowest BCUT2D eigenvalue weighted by Gasteiger charge is -2.31. The molecule has 1 saturated heterocycles. The second-order valence-electron chi connectivity index (χ2n) is 8.42. The predicted molar refractivity (Wildman–Crippen MR) is 134 cm³/mol. The third-order valence-electron chi connectivity index (χ3n) is 5.64. The molecular formula is C21H21B3F2N6O3S. The number of nitrogens with zero attached hydrogens (tertiary/aromatic N) is 3. The summed E-state index contributed by atoms with van der Waals surface area (Å²) in [6.45, 7) is 0.0499. The number of halogens is 2. The molecule has 6 radical (unpaired) electrons. The van der Waals surface area contributed by atoms with Crippen LogP contribution in [0.5, 0.6) is 0 Å². The van der Waals surface area contributed by atoms with E-state index < -0.39 is 41.1 Å². The number of hydrogen-bond acceptors (Lipinski definition) is 8. The van der Waals surface area contributed by atoms with Gasteiger partial charge in [-0.3, -0.25) is 9.48 Å². The van der Waals surface area contributed by atoms with Crippen LogP contribution in [0, 0.1) is 11.6 Å². The number of benzene rings is 1. The van der Waals surface area contributed by atoms with E-state index in [2.05, 4.69) is 15.4 Å². The van der Waals surface area contributed by atoms with Crippen molar-refractivity contribution in [3.05, 3.63) is 47.4 Å². The Morgan fingerprint density at radius 1 is 1.31 bits per heavy atom. The van der Waals surface area contributed by atoms with Gasteiger partial charge in [0.05, 0.1) is 59.4 Å². The van der Waals surface area contributed by atoms with Crippen LogP contribution in [0.2, 0.25) is 0 Å². The number of nitrogens with two attached hydrogens (primary N) is 2. The first kappa shape index (κ1) is 26.3. The van der Waals surface area contributed by atoms with Crippen molar-refractivity contribution in [2.75, 3.05) is 17.7 Å². The number of amides is 1. The van der Waals surface area contributed by atoms with Gasteiger partial charge in [0.15, 0.2) is 5.69 Å². The zero-order valence-corrected chi connectivity index (χ0v) is 20.1. The van der Waals surface area contributed by atoms with E-state index in [0.717, 1.165) is 23.5 Å². The second kappa shape index (κ2) is 10.3. The number of anilines is 2. The van der Waals surface area contributed by atoms with Crippen molar-refractivity contribution in [2.24, 2.45) is 12.8 Å². The first-order chi connectivity index (χ1) is 16.9. The number of thiazole rings is 1. The summed E-state index contributed by atoms with van der Waals surface area (Å²) in [5, 5.41) is 5.01. The third kappa shape index (κ3) is 5.64. The van der Waals surface area contributed by atoms with Gasteiger partial charge < -0.3 is 26.3 Å². The standard InChI is InChI=1S/C21H21B3F2N6O3S/c1-32-17(13-6-5-11(27)14(8-34-13)35-21(22,23)24)12(7-29-32)30-19(33)16-18(28)36-20(31-16)15-9(25)3-2-4-10(15)26/h2-4,7,11,13-14H,5-6,8,27-28H2,1H3,(H,30,33)/t11-,13+,14-/m0/s1. The fraction of sp³-hybridized carbons (Fsp3) is 0.381. The zero-order chi connectivity index (χ0) is 26.2. The maximum absolute atomic E-state index is 14.2. The summed E-state index contributed by atoms with van der Waals surface area (Å²) in [7, 11) is 18.3. The van der Waals surface area contributed by atoms with Crippen LogP contribution in [0.4, 0.5) is 19.5 Å². The van der Waals surface area contributed by atoms with Gasteiger partial charge in [0, 0.05) is 13.1 Å². The Labute approximate surface area is 214 Å². The molecule has 4 rings (SSSR count). The van der Waals surface area contributed by atoms with Gasteiger partial charge in [0.25, 0.3) is 5.91 Å². The summed E-state index contributed by atoms with van der Waals surface area (Å²) >= 11 is 0.802. The van der Waals surface area contributed by atoms with E-state index in [4.69, 9.17) is 44.5 Å². The van der Waals surface area contributed by atoms with Crippen molar-refractivity contribution in [3.63, 3.8) is 0 Å². The fourth-order valence-corrected chi connectivity index (χ4v) is 4.83. The van der Waals surface area contributed by atoms with Crippen molar-refractivity contribution >= 4 is 51.5 Å². The van der Waals surface area contributed by atoms with Crippen LogP contribution in [0.1, 0.15) is 35.1 Å². The van der Waals surface area contributed by atoms with Crippen molar-refractivity contribution in [1.29, 1.82) is 0 Å². The van der Waals surface area contributed by atoms with Crippen LogP contribution in [0.15, 0.2) is 24.4 Å². The highest BCUT2D eigenvalue weighted by atomic mass is 32.1. The molecule has 2 aromatic heterocycles. The third-order valence-corrected chi connectivity index (χ3v) is 6.54. The van der Waals surface area contributed by atoms with Crippen molar-refractivity contribution in [3.8, 4) is 10.6 Å². The lowest BCUT2D eigenvalue weighted by Crippen LogP contribution is -2.47. The van der Waals surface area contributed by atoms with Crippen molar-refractivity contribution in [1.82, 2.24) is 14.8 Å². The Morgan fingerprint density at radius 2 is 2.00 bits per heavy atom. The minimum Gasteiger partial charge on any atom is -0.396 e. The molecule has 3 heterocycles. The van der Waals surface area contributed by atoms with E-state index in [0.29, 0.717) is 24.2 Å². The van der Waals surface area contributed by atoms with Gasteiger partial charge >= 0.3 is 0 Å². The van der Waals surface area contributed by atoms with E-state index in [1.165, 1.54) is 12.3 Å². The highest BCUT2D eigenvalue weighted by molar-refractivity contribution is 7.19. The van der Waals surface area contributed by atoms with Gasteiger partial charge in [-0.15, -0.1) is 0 Å². The maximum Gasteiger partial charge on any atom is 0.277 e.